The molecule has 1 N–H and O–H groups in total. The van der Waals surface area contributed by atoms with E-state index < -0.39 is 0 Å². The fourth-order valence-electron chi connectivity index (χ4n) is 3.33. The van der Waals surface area contributed by atoms with Gasteiger partial charge in [-0.2, -0.15) is 0 Å². The zero-order valence-electron chi connectivity index (χ0n) is 11.4. The first-order valence-electron chi connectivity index (χ1n) is 7.04. The van der Waals surface area contributed by atoms with Crippen molar-refractivity contribution < 1.29 is 4.74 Å². The van der Waals surface area contributed by atoms with Crippen LogP contribution >= 0.6 is 15.9 Å². The summed E-state index contributed by atoms with van der Waals surface area (Å²) in [7, 11) is 1.70. The first-order valence-corrected chi connectivity index (χ1v) is 7.83. The normalized spacial score (nSPS) is 27.3. The number of halogens is 1. The number of nitrogens with zero attached hydrogens (tertiary/aromatic N) is 1. The van der Waals surface area contributed by atoms with E-state index >= 15 is 0 Å². The second-order valence-electron chi connectivity index (χ2n) is 5.63. The maximum absolute atomic E-state index is 5.28. The number of likely N-dealkylation sites (tertiary alicyclic amines) is 1. The smallest absolute Gasteiger partial charge is 0.133 e. The second kappa shape index (κ2) is 5.81. The van der Waals surface area contributed by atoms with Crippen molar-refractivity contribution in [3.8, 4) is 5.75 Å². The number of piperidine rings is 1. The van der Waals surface area contributed by atoms with Crippen LogP contribution in [0.4, 0.5) is 0 Å². The van der Waals surface area contributed by atoms with Gasteiger partial charge in [-0.05, 0) is 58.9 Å². The van der Waals surface area contributed by atoms with Gasteiger partial charge in [0.1, 0.15) is 5.75 Å². The van der Waals surface area contributed by atoms with Crippen LogP contribution in [0.3, 0.4) is 0 Å². The van der Waals surface area contributed by atoms with Crippen LogP contribution in [0, 0.1) is 5.92 Å². The van der Waals surface area contributed by atoms with E-state index in [9.17, 15) is 0 Å². The average molecular weight is 325 g/mol. The molecule has 1 aromatic carbocycles. The Labute approximate surface area is 123 Å². The summed E-state index contributed by atoms with van der Waals surface area (Å²) in [6.45, 7) is 4.66. The SMILES string of the molecule is COc1ccc(CN2CC3CCCNC3C2)cc1Br. The third kappa shape index (κ3) is 2.96. The van der Waals surface area contributed by atoms with Gasteiger partial charge in [0.05, 0.1) is 11.6 Å². The Morgan fingerprint density at radius 2 is 2.32 bits per heavy atom. The molecular weight excluding hydrogens is 304 g/mol. The van der Waals surface area contributed by atoms with E-state index in [2.05, 4.69) is 38.3 Å². The highest BCUT2D eigenvalue weighted by Crippen LogP contribution is 2.29. The van der Waals surface area contributed by atoms with Crippen LogP contribution in [0.25, 0.3) is 0 Å². The van der Waals surface area contributed by atoms with Gasteiger partial charge in [-0.1, -0.05) is 6.07 Å². The quantitative estimate of drug-likeness (QED) is 0.925. The molecule has 0 amide bonds. The van der Waals surface area contributed by atoms with Gasteiger partial charge in [-0.3, -0.25) is 4.90 Å². The number of benzene rings is 1. The summed E-state index contributed by atoms with van der Waals surface area (Å²) in [6.07, 6.45) is 2.73. The summed E-state index contributed by atoms with van der Waals surface area (Å²) < 4.78 is 6.32. The van der Waals surface area contributed by atoms with Crippen molar-refractivity contribution in [1.82, 2.24) is 10.2 Å². The van der Waals surface area contributed by atoms with Gasteiger partial charge in [0, 0.05) is 25.7 Å². The summed E-state index contributed by atoms with van der Waals surface area (Å²) >= 11 is 3.56. The maximum atomic E-state index is 5.28. The van der Waals surface area contributed by atoms with Crippen LogP contribution in [0.15, 0.2) is 22.7 Å². The summed E-state index contributed by atoms with van der Waals surface area (Å²) in [6, 6.07) is 7.10. The van der Waals surface area contributed by atoms with Gasteiger partial charge in [0.25, 0.3) is 0 Å². The third-order valence-corrected chi connectivity index (χ3v) is 4.92. The van der Waals surface area contributed by atoms with Crippen molar-refractivity contribution in [2.24, 2.45) is 5.92 Å². The van der Waals surface area contributed by atoms with Crippen molar-refractivity contribution in [3.05, 3.63) is 28.2 Å². The van der Waals surface area contributed by atoms with Crippen LogP contribution < -0.4 is 10.1 Å². The van der Waals surface area contributed by atoms with Crippen molar-refractivity contribution in [2.75, 3.05) is 26.7 Å². The number of ether oxygens (including phenoxy) is 1. The van der Waals surface area contributed by atoms with Crippen molar-refractivity contribution >= 4 is 15.9 Å². The molecule has 2 heterocycles. The molecule has 2 atom stereocenters. The molecule has 19 heavy (non-hydrogen) atoms. The van der Waals surface area contributed by atoms with Gasteiger partial charge >= 0.3 is 0 Å². The van der Waals surface area contributed by atoms with Gasteiger partial charge in [0.2, 0.25) is 0 Å². The number of hydrogen-bond acceptors (Lipinski definition) is 3. The molecule has 0 radical (unpaired) electrons. The summed E-state index contributed by atoms with van der Waals surface area (Å²) in [4.78, 5) is 2.57. The third-order valence-electron chi connectivity index (χ3n) is 4.30. The highest BCUT2D eigenvalue weighted by atomic mass is 79.9. The standard InChI is InChI=1S/C15H21BrN2O/c1-19-15-5-4-11(7-13(15)16)8-18-9-12-3-2-6-17-14(12)10-18/h4-5,7,12,14,17H,2-3,6,8-10H2,1H3. The lowest BCUT2D eigenvalue weighted by atomic mass is 9.94. The molecule has 0 aromatic heterocycles. The lowest BCUT2D eigenvalue weighted by Crippen LogP contribution is -2.40. The first kappa shape index (κ1) is 13.4. The molecule has 0 aliphatic carbocycles. The minimum Gasteiger partial charge on any atom is -0.496 e. The molecule has 0 bridgehead atoms. The van der Waals surface area contributed by atoms with Crippen LogP contribution in [0.1, 0.15) is 18.4 Å². The molecule has 3 nitrogen and oxygen atoms in total. The minimum atomic E-state index is 0.718. The van der Waals surface area contributed by atoms with Crippen LogP contribution in [-0.2, 0) is 6.54 Å². The molecule has 1 aromatic rings. The Hall–Kier alpha value is -0.580. The summed E-state index contributed by atoms with van der Waals surface area (Å²) in [5.74, 6) is 1.76. The van der Waals surface area contributed by atoms with E-state index in [0.717, 1.165) is 28.7 Å². The molecule has 104 valence electrons. The fourth-order valence-corrected chi connectivity index (χ4v) is 3.92. The van der Waals surface area contributed by atoms with Crippen LogP contribution in [-0.4, -0.2) is 37.7 Å². The van der Waals surface area contributed by atoms with E-state index in [-0.39, 0.29) is 0 Å². The van der Waals surface area contributed by atoms with Crippen molar-refractivity contribution in [1.29, 1.82) is 0 Å². The predicted molar refractivity (Wildman–Crippen MR) is 80.5 cm³/mol. The molecular formula is C15H21BrN2O. The van der Waals surface area contributed by atoms with Gasteiger partial charge in [0.15, 0.2) is 0 Å². The van der Waals surface area contributed by atoms with E-state index in [1.54, 1.807) is 7.11 Å². The highest BCUT2D eigenvalue weighted by molar-refractivity contribution is 9.10. The average Bonchev–Trinajstić information content (AvgIpc) is 2.81. The number of rotatable bonds is 3. The number of nitrogens with one attached hydrogen (secondary N) is 1. The lowest BCUT2D eigenvalue weighted by molar-refractivity contribution is 0.312. The van der Waals surface area contributed by atoms with Gasteiger partial charge in [-0.15, -0.1) is 0 Å². The zero-order valence-corrected chi connectivity index (χ0v) is 12.9. The molecule has 2 aliphatic heterocycles. The van der Waals surface area contributed by atoms with E-state index in [1.165, 1.54) is 38.0 Å². The number of methoxy groups -OCH3 is 1. The van der Waals surface area contributed by atoms with Crippen molar-refractivity contribution in [2.45, 2.75) is 25.4 Å². The summed E-state index contributed by atoms with van der Waals surface area (Å²) in [5, 5.41) is 3.66. The first-order chi connectivity index (χ1) is 9.26. The molecule has 0 saturated carbocycles. The molecule has 2 aliphatic rings. The van der Waals surface area contributed by atoms with Gasteiger partial charge < -0.3 is 10.1 Å². The lowest BCUT2D eigenvalue weighted by Gasteiger charge is -2.24. The molecule has 0 spiro atoms. The Morgan fingerprint density at radius 1 is 1.42 bits per heavy atom. The topological polar surface area (TPSA) is 24.5 Å². The fraction of sp³-hybridized carbons (Fsp3) is 0.600. The largest absolute Gasteiger partial charge is 0.496 e. The monoisotopic (exact) mass is 324 g/mol. The summed E-state index contributed by atoms with van der Waals surface area (Å²) in [5.41, 5.74) is 1.35. The number of fused-ring (bicyclic) bond motifs is 1. The van der Waals surface area contributed by atoms with Crippen molar-refractivity contribution in [3.63, 3.8) is 0 Å². The molecule has 2 saturated heterocycles. The predicted octanol–water partition coefficient (Wildman–Crippen LogP) is 2.64. The maximum Gasteiger partial charge on any atom is 0.133 e. The molecule has 2 unspecified atom stereocenters. The minimum absolute atomic E-state index is 0.718. The Kier molecular flexibility index (Phi) is 4.10. The molecule has 2 fully saturated rings. The Balaban J connectivity index is 1.64. The highest BCUT2D eigenvalue weighted by Gasteiger charge is 2.33. The van der Waals surface area contributed by atoms with Gasteiger partial charge in [-0.25, -0.2) is 0 Å². The Bertz CT molecular complexity index is 438. The zero-order chi connectivity index (χ0) is 13.2. The van der Waals surface area contributed by atoms with Crippen LogP contribution in [0.2, 0.25) is 0 Å². The molecule has 3 rings (SSSR count). The molecule has 4 heteroatoms. The van der Waals surface area contributed by atoms with E-state index in [0.29, 0.717) is 0 Å². The number of hydrogen-bond donors (Lipinski definition) is 1. The van der Waals surface area contributed by atoms with E-state index in [4.69, 9.17) is 4.74 Å². The van der Waals surface area contributed by atoms with E-state index in [1.807, 2.05) is 6.07 Å². The Morgan fingerprint density at radius 3 is 3.05 bits per heavy atom. The second-order valence-corrected chi connectivity index (χ2v) is 6.48. The van der Waals surface area contributed by atoms with Crippen LogP contribution in [0.5, 0.6) is 5.75 Å².